The van der Waals surface area contributed by atoms with Crippen molar-refractivity contribution < 1.29 is 9.59 Å². The van der Waals surface area contributed by atoms with Crippen molar-refractivity contribution in [3.63, 3.8) is 0 Å². The van der Waals surface area contributed by atoms with Gasteiger partial charge in [-0.25, -0.2) is 10.4 Å². The molecule has 0 saturated carbocycles. The van der Waals surface area contributed by atoms with Crippen LogP contribution in [-0.4, -0.2) is 27.7 Å². The molecule has 33 heavy (non-hydrogen) atoms. The van der Waals surface area contributed by atoms with Gasteiger partial charge in [-0.2, -0.15) is 0 Å². The van der Waals surface area contributed by atoms with E-state index in [9.17, 15) is 9.59 Å². The van der Waals surface area contributed by atoms with Gasteiger partial charge in [-0.3, -0.25) is 14.5 Å². The molecule has 1 fully saturated rings. The van der Waals surface area contributed by atoms with Crippen LogP contribution in [0.15, 0.2) is 96.1 Å². The topological polar surface area (TPSA) is 74.7 Å². The van der Waals surface area contributed by atoms with Crippen molar-refractivity contribution in [1.82, 2.24) is 10.4 Å². The van der Waals surface area contributed by atoms with Crippen molar-refractivity contribution >= 4 is 45.8 Å². The number of amides is 2. The van der Waals surface area contributed by atoms with E-state index in [0.717, 1.165) is 21.0 Å². The Morgan fingerprint density at radius 1 is 0.879 bits per heavy atom. The van der Waals surface area contributed by atoms with E-state index in [1.807, 2.05) is 91.0 Å². The molecule has 0 aliphatic carbocycles. The molecule has 0 radical (unpaired) electrons. The van der Waals surface area contributed by atoms with E-state index < -0.39 is 5.91 Å². The van der Waals surface area contributed by atoms with Gasteiger partial charge >= 0.3 is 0 Å². The summed E-state index contributed by atoms with van der Waals surface area (Å²) < 4.78 is 0. The fourth-order valence-electron chi connectivity index (χ4n) is 3.39. The van der Waals surface area contributed by atoms with E-state index in [4.69, 9.17) is 0 Å². The molecule has 5 rings (SSSR count). The highest BCUT2D eigenvalue weighted by atomic mass is 32.2. The molecule has 1 N–H and O–H groups in total. The summed E-state index contributed by atoms with van der Waals surface area (Å²) in [5.74, 6) is -0.231. The van der Waals surface area contributed by atoms with E-state index in [2.05, 4.69) is 15.5 Å². The van der Waals surface area contributed by atoms with Gasteiger partial charge in [-0.1, -0.05) is 90.6 Å². The van der Waals surface area contributed by atoms with Crippen molar-refractivity contribution in [2.24, 2.45) is 5.10 Å². The Labute approximate surface area is 199 Å². The third-order valence-corrected chi connectivity index (χ3v) is 7.01. The highest BCUT2D eigenvalue weighted by Gasteiger charge is 2.30. The first-order valence-electron chi connectivity index (χ1n) is 10.2. The first kappa shape index (κ1) is 21.1. The average Bonchev–Trinajstić information content (AvgIpc) is 3.48. The Hall–Kier alpha value is -3.75. The fraction of sp³-hybridized carbons (Fsp3) is 0.0400. The Morgan fingerprint density at radius 2 is 1.48 bits per heavy atom. The second-order valence-corrected chi connectivity index (χ2v) is 9.06. The van der Waals surface area contributed by atoms with Crippen LogP contribution in [0.5, 0.6) is 0 Å². The Balaban J connectivity index is 1.47. The smallest absolute Gasteiger partial charge is 0.273 e. The molecule has 1 aliphatic heterocycles. The Kier molecular flexibility index (Phi) is 6.01. The molecular formula is C25H18N4O2S2. The number of rotatable bonds is 5. The molecule has 6 nitrogen and oxygen atoms in total. The van der Waals surface area contributed by atoms with Gasteiger partial charge in [0.2, 0.25) is 5.91 Å². The van der Waals surface area contributed by atoms with Crippen LogP contribution in [0.3, 0.4) is 0 Å². The molecule has 0 unspecified atom stereocenters. The third kappa shape index (κ3) is 4.44. The lowest BCUT2D eigenvalue weighted by atomic mass is 10.1. The summed E-state index contributed by atoms with van der Waals surface area (Å²) in [5.41, 5.74) is 5.48. The number of thiazole rings is 1. The normalized spacial score (nSPS) is 14.6. The summed E-state index contributed by atoms with van der Waals surface area (Å²) in [7, 11) is 0. The van der Waals surface area contributed by atoms with Crippen molar-refractivity contribution in [2.45, 2.75) is 0 Å². The van der Waals surface area contributed by atoms with E-state index >= 15 is 0 Å². The lowest BCUT2D eigenvalue weighted by Gasteiger charge is -2.15. The first-order chi connectivity index (χ1) is 16.2. The van der Waals surface area contributed by atoms with Gasteiger partial charge in [0, 0.05) is 5.56 Å². The number of nitrogens with one attached hydrogen (secondary N) is 1. The standard InChI is InChI=1S/C25H18N4O2S2/c30-20-16-32-25(29(20)19-14-8-3-9-15-19)28-27-23(31)21-22(17-10-4-1-5-11-17)33-24(26-21)18-12-6-2-7-13-18/h1-15H,16H2,(H,27,31). The van der Waals surface area contributed by atoms with Crippen molar-refractivity contribution in [2.75, 3.05) is 10.7 Å². The predicted molar refractivity (Wildman–Crippen MR) is 134 cm³/mol. The number of aromatic nitrogens is 1. The highest BCUT2D eigenvalue weighted by Crippen LogP contribution is 2.35. The molecule has 8 heteroatoms. The average molecular weight is 471 g/mol. The maximum Gasteiger partial charge on any atom is 0.291 e. The van der Waals surface area contributed by atoms with Crippen molar-refractivity contribution in [3.8, 4) is 21.0 Å². The van der Waals surface area contributed by atoms with E-state index in [-0.39, 0.29) is 11.7 Å². The fourth-order valence-corrected chi connectivity index (χ4v) is 5.29. The molecule has 0 atom stereocenters. The molecule has 1 aromatic heterocycles. The second kappa shape index (κ2) is 9.40. The number of anilines is 1. The molecule has 1 aliphatic rings. The predicted octanol–water partition coefficient (Wildman–Crippen LogP) is 5.26. The van der Waals surface area contributed by atoms with Gasteiger partial charge in [0.15, 0.2) is 5.17 Å². The number of nitrogens with zero attached hydrogens (tertiary/aromatic N) is 3. The van der Waals surface area contributed by atoms with Crippen LogP contribution in [0.1, 0.15) is 10.5 Å². The number of benzene rings is 3. The van der Waals surface area contributed by atoms with Gasteiger partial charge in [0.1, 0.15) is 10.7 Å². The van der Waals surface area contributed by atoms with E-state index in [1.54, 1.807) is 0 Å². The minimum absolute atomic E-state index is 0.0794. The van der Waals surface area contributed by atoms with Gasteiger partial charge < -0.3 is 0 Å². The number of amidine groups is 1. The largest absolute Gasteiger partial charge is 0.291 e. The monoisotopic (exact) mass is 470 g/mol. The summed E-state index contributed by atoms with van der Waals surface area (Å²) in [5, 5.41) is 5.46. The first-order valence-corrected chi connectivity index (χ1v) is 12.0. The number of hydrazone groups is 1. The number of hydrogen-bond acceptors (Lipinski definition) is 6. The zero-order valence-corrected chi connectivity index (χ0v) is 19.0. The van der Waals surface area contributed by atoms with Crippen LogP contribution in [-0.2, 0) is 4.79 Å². The van der Waals surface area contributed by atoms with E-state index in [0.29, 0.717) is 16.5 Å². The minimum Gasteiger partial charge on any atom is -0.273 e. The molecule has 4 aromatic rings. The van der Waals surface area contributed by atoms with Crippen LogP contribution in [0.25, 0.3) is 21.0 Å². The van der Waals surface area contributed by atoms with Crippen LogP contribution < -0.4 is 10.3 Å². The Bertz CT molecular complexity index is 1320. The summed E-state index contributed by atoms with van der Waals surface area (Å²) in [6, 6.07) is 28.7. The summed E-state index contributed by atoms with van der Waals surface area (Å²) >= 11 is 2.75. The van der Waals surface area contributed by atoms with Gasteiger partial charge in [-0.15, -0.1) is 16.4 Å². The number of carbonyl (C=O) groups excluding carboxylic acids is 2. The van der Waals surface area contributed by atoms with Crippen LogP contribution >= 0.6 is 23.1 Å². The second-order valence-electron chi connectivity index (χ2n) is 7.12. The summed E-state index contributed by atoms with van der Waals surface area (Å²) in [4.78, 5) is 32.5. The molecule has 2 amide bonds. The molecule has 3 aromatic carbocycles. The van der Waals surface area contributed by atoms with Gasteiger partial charge in [-0.05, 0) is 17.7 Å². The quantitative estimate of drug-likeness (QED) is 0.404. The van der Waals surface area contributed by atoms with Crippen LogP contribution in [0.4, 0.5) is 5.69 Å². The highest BCUT2D eigenvalue weighted by molar-refractivity contribution is 8.15. The number of carbonyl (C=O) groups is 2. The zero-order valence-electron chi connectivity index (χ0n) is 17.3. The van der Waals surface area contributed by atoms with Crippen LogP contribution in [0.2, 0.25) is 0 Å². The van der Waals surface area contributed by atoms with Gasteiger partial charge in [0.05, 0.1) is 16.3 Å². The number of para-hydroxylation sites is 1. The minimum atomic E-state index is -0.423. The van der Waals surface area contributed by atoms with Crippen LogP contribution in [0, 0.1) is 0 Å². The number of thioether (sulfide) groups is 1. The Morgan fingerprint density at radius 3 is 2.15 bits per heavy atom. The molecule has 0 spiro atoms. The maximum atomic E-state index is 13.2. The van der Waals surface area contributed by atoms with Crippen molar-refractivity contribution in [1.29, 1.82) is 0 Å². The third-order valence-electron chi connectivity index (χ3n) is 4.93. The van der Waals surface area contributed by atoms with Crippen molar-refractivity contribution in [3.05, 3.63) is 96.7 Å². The molecule has 162 valence electrons. The lowest BCUT2D eigenvalue weighted by Crippen LogP contribution is -2.31. The van der Waals surface area contributed by atoms with Gasteiger partial charge in [0.25, 0.3) is 5.91 Å². The maximum absolute atomic E-state index is 13.2. The summed E-state index contributed by atoms with van der Waals surface area (Å²) in [6.07, 6.45) is 0. The SMILES string of the molecule is O=C(NN=C1SCC(=O)N1c1ccccc1)c1nc(-c2ccccc2)sc1-c1ccccc1. The number of hydrogen-bond donors (Lipinski definition) is 1. The summed E-state index contributed by atoms with van der Waals surface area (Å²) in [6.45, 7) is 0. The molecular weight excluding hydrogens is 452 g/mol. The molecule has 1 saturated heterocycles. The zero-order chi connectivity index (χ0) is 22.6. The molecule has 2 heterocycles. The van der Waals surface area contributed by atoms with E-state index in [1.165, 1.54) is 28.0 Å². The lowest BCUT2D eigenvalue weighted by molar-refractivity contribution is -0.115. The molecule has 0 bridgehead atoms.